The van der Waals surface area contributed by atoms with Gasteiger partial charge in [-0.3, -0.25) is 13.9 Å². The van der Waals surface area contributed by atoms with E-state index in [1.165, 1.54) is 16.4 Å². The number of carbonyl (C=O) groups is 2. The van der Waals surface area contributed by atoms with Crippen LogP contribution >= 0.6 is 0 Å². The van der Waals surface area contributed by atoms with E-state index in [0.29, 0.717) is 12.1 Å². The molecule has 1 fully saturated rings. The lowest BCUT2D eigenvalue weighted by molar-refractivity contribution is -0.140. The lowest BCUT2D eigenvalue weighted by atomic mass is 9.94. The summed E-state index contributed by atoms with van der Waals surface area (Å²) in [5.41, 5.74) is 5.14. The van der Waals surface area contributed by atoms with Gasteiger partial charge in [0.15, 0.2) is 0 Å². The first-order valence-electron chi connectivity index (χ1n) is 16.5. The molecule has 0 aromatic heterocycles. The maximum atomic E-state index is 14.7. The van der Waals surface area contributed by atoms with Crippen LogP contribution in [0.25, 0.3) is 0 Å². The van der Waals surface area contributed by atoms with Gasteiger partial charge < -0.3 is 10.2 Å². The second-order valence-electron chi connectivity index (χ2n) is 12.7. The van der Waals surface area contributed by atoms with Gasteiger partial charge in [0, 0.05) is 19.0 Å². The number of sulfonamides is 1. The number of rotatable bonds is 12. The third-order valence-electron chi connectivity index (χ3n) is 9.05. The topological polar surface area (TPSA) is 86.8 Å². The average Bonchev–Trinajstić information content (AvgIpc) is 3.07. The summed E-state index contributed by atoms with van der Waals surface area (Å²) in [6.07, 6.45) is 5.38. The number of nitrogens with zero attached hydrogens (tertiary/aromatic N) is 2. The molecule has 0 radical (unpaired) electrons. The molecule has 0 spiro atoms. The Hall–Kier alpha value is -4.43. The molecule has 8 heteroatoms. The molecular weight excluding hydrogens is 607 g/mol. The number of nitrogens with one attached hydrogen (secondary N) is 1. The van der Waals surface area contributed by atoms with Crippen LogP contribution in [0.3, 0.4) is 0 Å². The number of benzene rings is 4. The highest BCUT2D eigenvalue weighted by atomic mass is 32.2. The summed E-state index contributed by atoms with van der Waals surface area (Å²) in [7, 11) is -4.13. The Labute approximate surface area is 279 Å². The Balaban J connectivity index is 1.57. The van der Waals surface area contributed by atoms with Gasteiger partial charge in [-0.15, -0.1) is 0 Å². The van der Waals surface area contributed by atoms with E-state index in [9.17, 15) is 18.0 Å². The molecule has 5 rings (SSSR count). The summed E-state index contributed by atoms with van der Waals surface area (Å²) in [6, 6.07) is 30.3. The van der Waals surface area contributed by atoms with Crippen LogP contribution in [-0.4, -0.2) is 43.8 Å². The standard InChI is InChI=1S/C39H45N3O4S/c1-29-14-13-17-33(24-29)27-41(37(26-32-15-7-4-8-16-32)39(44)40-34-18-9-5-10-19-34)38(43)28-42(35-23-22-30(2)31(3)25-35)47(45,46)36-20-11-6-12-21-36/h4,6-8,11-17,20-25,34,37H,5,9-10,18-19,26-28H2,1-3H3,(H,40,44). The minimum absolute atomic E-state index is 0.0518. The quantitative estimate of drug-likeness (QED) is 0.181. The Morgan fingerprint density at radius 2 is 1.43 bits per heavy atom. The molecule has 1 atom stereocenters. The lowest BCUT2D eigenvalue weighted by Gasteiger charge is -2.35. The first-order valence-corrected chi connectivity index (χ1v) is 17.9. The molecule has 1 aliphatic carbocycles. The van der Waals surface area contributed by atoms with E-state index in [-0.39, 0.29) is 23.4 Å². The number of aryl methyl sites for hydroxylation is 3. The van der Waals surface area contributed by atoms with Gasteiger partial charge in [-0.25, -0.2) is 8.42 Å². The number of carbonyl (C=O) groups excluding carboxylic acids is 2. The average molecular weight is 652 g/mol. The van der Waals surface area contributed by atoms with Gasteiger partial charge in [0.25, 0.3) is 10.0 Å². The number of hydrogen-bond acceptors (Lipinski definition) is 4. The van der Waals surface area contributed by atoms with Crippen molar-refractivity contribution in [2.45, 2.75) is 82.8 Å². The highest BCUT2D eigenvalue weighted by Crippen LogP contribution is 2.27. The molecule has 0 saturated heterocycles. The summed E-state index contributed by atoms with van der Waals surface area (Å²) in [4.78, 5) is 30.6. The third kappa shape index (κ3) is 8.69. The summed E-state index contributed by atoms with van der Waals surface area (Å²) in [6.45, 7) is 5.56. The molecule has 1 saturated carbocycles. The van der Waals surface area contributed by atoms with Gasteiger partial charge in [-0.2, -0.15) is 0 Å². The van der Waals surface area contributed by atoms with Crippen molar-refractivity contribution in [2.75, 3.05) is 10.8 Å². The van der Waals surface area contributed by atoms with E-state index < -0.39 is 28.5 Å². The van der Waals surface area contributed by atoms with Crippen LogP contribution in [0.1, 0.15) is 59.9 Å². The lowest BCUT2D eigenvalue weighted by Crippen LogP contribution is -2.55. The molecule has 2 amide bonds. The molecule has 246 valence electrons. The van der Waals surface area contributed by atoms with E-state index in [4.69, 9.17) is 0 Å². The van der Waals surface area contributed by atoms with E-state index in [1.807, 2.05) is 81.4 Å². The van der Waals surface area contributed by atoms with Gasteiger partial charge in [0.2, 0.25) is 11.8 Å². The fourth-order valence-corrected chi connectivity index (χ4v) is 7.66. The summed E-state index contributed by atoms with van der Waals surface area (Å²) in [5.74, 6) is -0.672. The first kappa shape index (κ1) is 33.9. The summed E-state index contributed by atoms with van der Waals surface area (Å²) in [5, 5.41) is 3.26. The van der Waals surface area contributed by atoms with E-state index in [1.54, 1.807) is 35.2 Å². The molecule has 0 heterocycles. The zero-order valence-electron chi connectivity index (χ0n) is 27.6. The molecule has 0 aliphatic heterocycles. The Morgan fingerprint density at radius 1 is 0.766 bits per heavy atom. The smallest absolute Gasteiger partial charge is 0.264 e. The molecular formula is C39H45N3O4S. The minimum atomic E-state index is -4.13. The van der Waals surface area contributed by atoms with Crippen molar-refractivity contribution in [3.8, 4) is 0 Å². The second kappa shape index (κ2) is 15.4. The maximum Gasteiger partial charge on any atom is 0.264 e. The molecule has 1 aliphatic rings. The predicted octanol–water partition coefficient (Wildman–Crippen LogP) is 6.90. The Morgan fingerprint density at radius 3 is 2.09 bits per heavy atom. The van der Waals surface area contributed by atoms with Gasteiger partial charge >= 0.3 is 0 Å². The van der Waals surface area contributed by atoms with Crippen molar-refractivity contribution in [1.29, 1.82) is 0 Å². The van der Waals surface area contributed by atoms with E-state index >= 15 is 0 Å². The highest BCUT2D eigenvalue weighted by molar-refractivity contribution is 7.92. The van der Waals surface area contributed by atoms with Crippen molar-refractivity contribution >= 4 is 27.5 Å². The van der Waals surface area contributed by atoms with Gasteiger partial charge in [0.1, 0.15) is 12.6 Å². The van der Waals surface area contributed by atoms with Crippen molar-refractivity contribution in [3.05, 3.63) is 131 Å². The molecule has 47 heavy (non-hydrogen) atoms. The van der Waals surface area contributed by atoms with Crippen LogP contribution in [0.5, 0.6) is 0 Å². The SMILES string of the molecule is Cc1cccc(CN(C(=O)CN(c2ccc(C)c(C)c2)S(=O)(=O)c2ccccc2)C(Cc2ccccc2)C(=O)NC2CCCCC2)c1. The normalized spacial score (nSPS) is 14.3. The van der Waals surface area contributed by atoms with E-state index in [2.05, 4.69) is 5.32 Å². The van der Waals surface area contributed by atoms with Crippen molar-refractivity contribution < 1.29 is 18.0 Å². The Bertz CT molecular complexity index is 1770. The molecule has 7 nitrogen and oxygen atoms in total. The minimum Gasteiger partial charge on any atom is -0.352 e. The van der Waals surface area contributed by atoms with Crippen LogP contribution in [0.2, 0.25) is 0 Å². The van der Waals surface area contributed by atoms with Crippen LogP contribution in [-0.2, 0) is 32.6 Å². The fraction of sp³-hybridized carbons (Fsp3) is 0.333. The third-order valence-corrected chi connectivity index (χ3v) is 10.8. The number of amides is 2. The monoisotopic (exact) mass is 651 g/mol. The fourth-order valence-electron chi connectivity index (χ4n) is 6.23. The van der Waals surface area contributed by atoms with Gasteiger partial charge in [-0.05, 0) is 80.1 Å². The zero-order chi connectivity index (χ0) is 33.4. The molecule has 4 aromatic rings. The van der Waals surface area contributed by atoms with Gasteiger partial charge in [0.05, 0.1) is 10.6 Å². The number of hydrogen-bond donors (Lipinski definition) is 1. The maximum absolute atomic E-state index is 14.7. The van der Waals surface area contributed by atoms with Crippen molar-refractivity contribution in [3.63, 3.8) is 0 Å². The largest absolute Gasteiger partial charge is 0.352 e. The van der Waals surface area contributed by atoms with Crippen LogP contribution < -0.4 is 9.62 Å². The van der Waals surface area contributed by atoms with Gasteiger partial charge in [-0.1, -0.05) is 104 Å². The predicted molar refractivity (Wildman–Crippen MR) is 188 cm³/mol. The molecule has 0 bridgehead atoms. The second-order valence-corrected chi connectivity index (χ2v) is 14.5. The van der Waals surface area contributed by atoms with Crippen LogP contribution in [0.15, 0.2) is 108 Å². The highest BCUT2D eigenvalue weighted by Gasteiger charge is 2.35. The molecule has 4 aromatic carbocycles. The van der Waals surface area contributed by atoms with Crippen LogP contribution in [0.4, 0.5) is 5.69 Å². The summed E-state index contributed by atoms with van der Waals surface area (Å²) >= 11 is 0. The van der Waals surface area contributed by atoms with Crippen LogP contribution in [0, 0.1) is 20.8 Å². The van der Waals surface area contributed by atoms with E-state index in [0.717, 1.165) is 59.9 Å². The summed E-state index contributed by atoms with van der Waals surface area (Å²) < 4.78 is 29.6. The first-order chi connectivity index (χ1) is 22.6. The number of anilines is 1. The Kier molecular flexibility index (Phi) is 11.1. The molecule has 1 unspecified atom stereocenters. The molecule has 1 N–H and O–H groups in total. The van der Waals surface area contributed by atoms with Crippen molar-refractivity contribution in [1.82, 2.24) is 10.2 Å². The zero-order valence-corrected chi connectivity index (χ0v) is 28.4. The van der Waals surface area contributed by atoms with Crippen molar-refractivity contribution in [2.24, 2.45) is 0 Å².